The van der Waals surface area contributed by atoms with Crippen LogP contribution in [0.5, 0.6) is 0 Å². The van der Waals surface area contributed by atoms with Crippen molar-refractivity contribution in [3.63, 3.8) is 0 Å². The fraction of sp³-hybridized carbons (Fsp3) is 0.609. The second-order valence-electron chi connectivity index (χ2n) is 8.63. The molecule has 2 fully saturated rings. The van der Waals surface area contributed by atoms with Gasteiger partial charge in [0.2, 0.25) is 5.91 Å². The summed E-state index contributed by atoms with van der Waals surface area (Å²) in [4.78, 5) is 39.0. The van der Waals surface area contributed by atoms with Gasteiger partial charge in [-0.15, -0.1) is 0 Å². The van der Waals surface area contributed by atoms with Crippen LogP contribution in [-0.2, 0) is 25.5 Å². The van der Waals surface area contributed by atoms with Crippen LogP contribution in [-0.4, -0.2) is 71.1 Å². The van der Waals surface area contributed by atoms with Crippen LogP contribution in [0.4, 0.5) is 0 Å². The number of methoxy groups -OCH3 is 1. The van der Waals surface area contributed by atoms with Gasteiger partial charge in [-0.3, -0.25) is 14.9 Å². The zero-order valence-corrected chi connectivity index (χ0v) is 19.0. The van der Waals surface area contributed by atoms with Gasteiger partial charge in [0.15, 0.2) is 0 Å². The first kappa shape index (κ1) is 23.6. The molecule has 0 saturated carbocycles. The number of carbonyl (C=O) groups excluding carboxylic acids is 2. The summed E-state index contributed by atoms with van der Waals surface area (Å²) in [5.74, 6) is 0.367. The summed E-state index contributed by atoms with van der Waals surface area (Å²) in [6, 6.07) is 7.68. The molecule has 0 aromatic heterocycles. The van der Waals surface area contributed by atoms with E-state index in [1.165, 1.54) is 12.0 Å². The number of carboxylic acid groups (broad SMARTS) is 1. The number of aliphatic carboxylic acids is 1. The second kappa shape index (κ2) is 10.5. The molecule has 1 aromatic carbocycles. The Kier molecular flexibility index (Phi) is 8.00. The monoisotopic (exact) mass is 448 g/mol. The number of carbonyl (C=O) groups is 3. The van der Waals surface area contributed by atoms with Crippen LogP contribution >= 0.6 is 11.8 Å². The molecule has 8 heteroatoms. The highest BCUT2D eigenvalue weighted by Crippen LogP contribution is 2.45. The number of likely N-dealkylation sites (tertiary alicyclic amines) is 1. The van der Waals surface area contributed by atoms with Crippen molar-refractivity contribution >= 4 is 29.6 Å². The fourth-order valence-corrected chi connectivity index (χ4v) is 6.02. The lowest BCUT2D eigenvalue weighted by Gasteiger charge is -2.33. The summed E-state index contributed by atoms with van der Waals surface area (Å²) in [6.45, 7) is 2.17. The van der Waals surface area contributed by atoms with Gasteiger partial charge in [-0.1, -0.05) is 30.3 Å². The highest BCUT2D eigenvalue weighted by atomic mass is 32.2. The van der Waals surface area contributed by atoms with Gasteiger partial charge in [0.05, 0.1) is 13.2 Å². The quantitative estimate of drug-likeness (QED) is 0.589. The van der Waals surface area contributed by atoms with Gasteiger partial charge in [-0.25, -0.2) is 4.79 Å². The number of benzene rings is 1. The van der Waals surface area contributed by atoms with Crippen molar-refractivity contribution in [2.45, 2.75) is 57.2 Å². The summed E-state index contributed by atoms with van der Waals surface area (Å²) in [5, 5.41) is 12.9. The third-order valence-corrected chi connectivity index (χ3v) is 7.49. The highest BCUT2D eigenvalue weighted by molar-refractivity contribution is 7.99. The number of hydrogen-bond donors (Lipinski definition) is 2. The molecule has 2 heterocycles. The molecular weight excluding hydrogens is 416 g/mol. The molecule has 3 rings (SSSR count). The van der Waals surface area contributed by atoms with Crippen molar-refractivity contribution in [2.24, 2.45) is 5.41 Å². The van der Waals surface area contributed by atoms with E-state index in [0.717, 1.165) is 29.9 Å². The molecule has 2 unspecified atom stereocenters. The molecule has 2 N–H and O–H groups in total. The average Bonchev–Trinajstić information content (AvgIpc) is 3.15. The van der Waals surface area contributed by atoms with E-state index in [4.69, 9.17) is 4.74 Å². The van der Waals surface area contributed by atoms with Crippen LogP contribution < -0.4 is 5.32 Å². The lowest BCUT2D eigenvalue weighted by Crippen LogP contribution is -2.53. The SMILES string of the molecule is COC(=O)C(CCc1ccccc1)N[C@@H](C)C(=O)N1CC2(CCSCC2)CC1C(=O)O. The fourth-order valence-electron chi connectivity index (χ4n) is 4.66. The lowest BCUT2D eigenvalue weighted by molar-refractivity contribution is -0.150. The lowest BCUT2D eigenvalue weighted by atomic mass is 9.80. The summed E-state index contributed by atoms with van der Waals surface area (Å²) in [5.41, 5.74) is 0.999. The normalized spacial score (nSPS) is 22.1. The van der Waals surface area contributed by atoms with Gasteiger partial charge in [0, 0.05) is 6.54 Å². The van der Waals surface area contributed by atoms with Crippen molar-refractivity contribution in [1.82, 2.24) is 10.2 Å². The van der Waals surface area contributed by atoms with E-state index in [9.17, 15) is 19.5 Å². The number of amides is 1. The number of ether oxygens (including phenoxy) is 1. The maximum absolute atomic E-state index is 13.2. The van der Waals surface area contributed by atoms with E-state index >= 15 is 0 Å². The second-order valence-corrected chi connectivity index (χ2v) is 9.85. The highest BCUT2D eigenvalue weighted by Gasteiger charge is 2.49. The molecule has 2 aliphatic rings. The minimum absolute atomic E-state index is 0.0985. The Morgan fingerprint density at radius 1 is 1.26 bits per heavy atom. The Balaban J connectivity index is 1.67. The van der Waals surface area contributed by atoms with Crippen molar-refractivity contribution in [3.8, 4) is 0 Å². The summed E-state index contributed by atoms with van der Waals surface area (Å²) in [7, 11) is 1.33. The third-order valence-electron chi connectivity index (χ3n) is 6.50. The van der Waals surface area contributed by atoms with Gasteiger partial charge in [-0.2, -0.15) is 11.8 Å². The Hall–Kier alpha value is -2.06. The molecule has 31 heavy (non-hydrogen) atoms. The molecule has 0 radical (unpaired) electrons. The Bertz CT molecular complexity index is 781. The van der Waals surface area contributed by atoms with Crippen LogP contribution in [0.3, 0.4) is 0 Å². The summed E-state index contributed by atoms with van der Waals surface area (Å²) in [6.07, 6.45) is 3.54. The number of nitrogens with one attached hydrogen (secondary N) is 1. The minimum atomic E-state index is -0.954. The van der Waals surface area contributed by atoms with E-state index in [0.29, 0.717) is 25.8 Å². The van der Waals surface area contributed by atoms with Gasteiger partial charge < -0.3 is 14.7 Å². The summed E-state index contributed by atoms with van der Waals surface area (Å²) >= 11 is 1.88. The van der Waals surface area contributed by atoms with E-state index in [1.807, 2.05) is 42.1 Å². The average molecular weight is 449 g/mol. The third kappa shape index (κ3) is 5.80. The Morgan fingerprint density at radius 3 is 2.55 bits per heavy atom. The molecule has 2 aliphatic heterocycles. The molecule has 0 bridgehead atoms. The van der Waals surface area contributed by atoms with E-state index in [-0.39, 0.29) is 11.3 Å². The predicted octanol–water partition coefficient (Wildman–Crippen LogP) is 2.34. The molecule has 170 valence electrons. The first-order valence-corrected chi connectivity index (χ1v) is 12.0. The number of rotatable bonds is 8. The number of hydrogen-bond acceptors (Lipinski definition) is 6. The van der Waals surface area contributed by atoms with Crippen molar-refractivity contribution in [2.75, 3.05) is 25.2 Å². The van der Waals surface area contributed by atoms with Crippen LogP contribution in [0, 0.1) is 5.41 Å². The molecule has 0 aliphatic carbocycles. The van der Waals surface area contributed by atoms with Crippen molar-refractivity contribution in [3.05, 3.63) is 35.9 Å². The molecule has 2 saturated heterocycles. The number of nitrogens with zero attached hydrogens (tertiary/aromatic N) is 1. The number of esters is 1. The van der Waals surface area contributed by atoms with Gasteiger partial charge in [0.1, 0.15) is 12.1 Å². The topological polar surface area (TPSA) is 95.9 Å². The standard InChI is InChI=1S/C23H32N2O5S/c1-16(24-18(22(29)30-2)9-8-17-6-4-3-5-7-17)20(26)25-15-23(10-12-31-13-11-23)14-19(25)21(27)28/h3-7,16,18-19,24H,8-15H2,1-2H3,(H,27,28)/t16-,18?,19?/m0/s1. The zero-order valence-electron chi connectivity index (χ0n) is 18.2. The number of carboxylic acids is 1. The largest absolute Gasteiger partial charge is 0.480 e. The van der Waals surface area contributed by atoms with Crippen molar-refractivity contribution in [1.29, 1.82) is 0 Å². The smallest absolute Gasteiger partial charge is 0.326 e. The van der Waals surface area contributed by atoms with E-state index < -0.39 is 30.1 Å². The van der Waals surface area contributed by atoms with E-state index in [1.54, 1.807) is 6.92 Å². The first-order chi connectivity index (χ1) is 14.8. The van der Waals surface area contributed by atoms with Crippen LogP contribution in [0.1, 0.15) is 38.2 Å². The minimum Gasteiger partial charge on any atom is -0.480 e. The first-order valence-electron chi connectivity index (χ1n) is 10.8. The predicted molar refractivity (Wildman–Crippen MR) is 120 cm³/mol. The molecule has 1 aromatic rings. The Morgan fingerprint density at radius 2 is 1.94 bits per heavy atom. The van der Waals surface area contributed by atoms with Crippen LogP contribution in [0.15, 0.2) is 30.3 Å². The number of thioether (sulfide) groups is 1. The van der Waals surface area contributed by atoms with Gasteiger partial charge in [-0.05, 0) is 61.5 Å². The summed E-state index contributed by atoms with van der Waals surface area (Å²) < 4.78 is 4.93. The van der Waals surface area contributed by atoms with Gasteiger partial charge in [0.25, 0.3) is 0 Å². The van der Waals surface area contributed by atoms with E-state index in [2.05, 4.69) is 5.32 Å². The molecule has 7 nitrogen and oxygen atoms in total. The Labute approximate surface area is 187 Å². The zero-order chi connectivity index (χ0) is 22.4. The molecular formula is C23H32N2O5S. The maximum Gasteiger partial charge on any atom is 0.326 e. The molecule has 1 amide bonds. The van der Waals surface area contributed by atoms with Crippen LogP contribution in [0.2, 0.25) is 0 Å². The van der Waals surface area contributed by atoms with Crippen LogP contribution in [0.25, 0.3) is 0 Å². The molecule has 3 atom stereocenters. The maximum atomic E-state index is 13.2. The van der Waals surface area contributed by atoms with Crippen molar-refractivity contribution < 1.29 is 24.2 Å². The molecule has 1 spiro atoms. The van der Waals surface area contributed by atoms with Gasteiger partial charge >= 0.3 is 11.9 Å². The number of aryl methyl sites for hydroxylation is 1.